The molecule has 0 aliphatic carbocycles. The number of carbonyl (C=O) groups is 1. The Morgan fingerprint density at radius 2 is 1.30 bits per heavy atom. The summed E-state index contributed by atoms with van der Waals surface area (Å²) in [4.78, 5) is 21.5. The number of fused-ring (bicyclic) bond motifs is 1. The fourth-order valence-electron chi connectivity index (χ4n) is 6.25. The highest BCUT2D eigenvalue weighted by molar-refractivity contribution is 5.77. The molecule has 256 valence electrons. The largest absolute Gasteiger partial charge is 0.459 e. The minimum Gasteiger partial charge on any atom is -0.459 e. The lowest BCUT2D eigenvalue weighted by Gasteiger charge is -2.40. The quantitative estimate of drug-likeness (QED) is 0.0581. The zero-order chi connectivity index (χ0) is 35.0. The molecule has 1 heterocycles. The third kappa shape index (κ3) is 7.87. The van der Waals surface area contributed by atoms with Gasteiger partial charge in [0, 0.05) is 0 Å². The number of benzene rings is 5. The van der Waals surface area contributed by atoms with Crippen molar-refractivity contribution < 1.29 is 23.8 Å². The average molecular weight is 670 g/mol. The molecule has 0 fully saturated rings. The Kier molecular flexibility index (Phi) is 10.6. The number of carbonyl (C=O) groups excluding carboxylic acids is 1. The summed E-state index contributed by atoms with van der Waals surface area (Å²) >= 11 is 0. The number of ether oxygens (including phenoxy) is 2. The standard InChI is InChI=1S/C42H45N4O4/c1-5-29-45-38-23-15-16-24-39(38)46(44-45)49-31-48-36-27-25-32(26-28-36)30-37(40(47)50-41(2,3)4)43-42(33-17-9-6-10-18-33,34-19-11-7-12-20-34)35-21-13-8-14-22-35/h6-28,37,43H,5,29-31H2,1-4H3/q+1. The summed E-state index contributed by atoms with van der Waals surface area (Å²) in [5, 5.41) is 8.42. The van der Waals surface area contributed by atoms with Crippen molar-refractivity contribution in [2.24, 2.45) is 0 Å². The van der Waals surface area contributed by atoms with Crippen molar-refractivity contribution in [1.82, 2.24) is 15.4 Å². The van der Waals surface area contributed by atoms with Gasteiger partial charge in [0.25, 0.3) is 6.79 Å². The van der Waals surface area contributed by atoms with E-state index in [0.717, 1.165) is 46.3 Å². The molecule has 1 N–H and O–H groups in total. The molecule has 6 rings (SSSR count). The van der Waals surface area contributed by atoms with Crippen LogP contribution in [0.1, 0.15) is 56.4 Å². The SMILES string of the molecule is CCC[n+]1nn(OCOc2ccc(CC(NC(c3ccccc3)(c3ccccc3)c3ccccc3)C(=O)OC(C)(C)C)cc2)c2ccccc21. The second kappa shape index (κ2) is 15.4. The van der Waals surface area contributed by atoms with Crippen LogP contribution >= 0.6 is 0 Å². The van der Waals surface area contributed by atoms with Gasteiger partial charge in [0.15, 0.2) is 0 Å². The molecule has 0 saturated carbocycles. The summed E-state index contributed by atoms with van der Waals surface area (Å²) in [6.45, 7) is 8.57. The molecule has 8 nitrogen and oxygen atoms in total. The molecule has 6 aromatic rings. The number of nitrogens with one attached hydrogen (secondary N) is 1. The van der Waals surface area contributed by atoms with E-state index in [9.17, 15) is 4.79 Å². The lowest BCUT2D eigenvalue weighted by Crippen LogP contribution is -2.54. The third-order valence-electron chi connectivity index (χ3n) is 8.46. The highest BCUT2D eigenvalue weighted by Gasteiger charge is 2.41. The normalized spacial score (nSPS) is 12.4. The Hall–Kier alpha value is -5.47. The van der Waals surface area contributed by atoms with Crippen LogP contribution in [0, 0.1) is 0 Å². The number of hydrogen-bond donors (Lipinski definition) is 1. The van der Waals surface area contributed by atoms with Gasteiger partial charge in [-0.05, 0) is 80.1 Å². The second-order valence-corrected chi connectivity index (χ2v) is 13.3. The smallest absolute Gasteiger partial charge is 0.324 e. The fraction of sp³-hybridized carbons (Fsp3) is 0.262. The van der Waals surface area contributed by atoms with Crippen molar-refractivity contribution in [2.75, 3.05) is 6.79 Å². The van der Waals surface area contributed by atoms with Crippen molar-refractivity contribution in [3.63, 3.8) is 0 Å². The summed E-state index contributed by atoms with van der Waals surface area (Å²) in [5.74, 6) is 0.311. The van der Waals surface area contributed by atoms with Gasteiger partial charge in [0.1, 0.15) is 29.2 Å². The van der Waals surface area contributed by atoms with Crippen LogP contribution in [-0.2, 0) is 28.0 Å². The van der Waals surface area contributed by atoms with E-state index < -0.39 is 17.2 Å². The first kappa shape index (κ1) is 34.4. The molecule has 0 aliphatic rings. The van der Waals surface area contributed by atoms with Crippen LogP contribution in [-0.4, -0.2) is 34.5 Å². The lowest BCUT2D eigenvalue weighted by molar-refractivity contribution is -0.735. The number of esters is 1. The van der Waals surface area contributed by atoms with Gasteiger partial charge in [-0.15, -0.1) is 4.68 Å². The summed E-state index contributed by atoms with van der Waals surface area (Å²) in [7, 11) is 0. The van der Waals surface area contributed by atoms with Gasteiger partial charge in [-0.1, -0.05) is 122 Å². The Bertz CT molecular complexity index is 1880. The molecule has 8 heteroatoms. The number of hydrogen-bond acceptors (Lipinski definition) is 6. The highest BCUT2D eigenvalue weighted by atomic mass is 16.8. The first-order chi connectivity index (χ1) is 24.3. The van der Waals surface area contributed by atoms with Crippen molar-refractivity contribution >= 4 is 17.0 Å². The maximum atomic E-state index is 14.1. The summed E-state index contributed by atoms with van der Waals surface area (Å²) in [6.07, 6.45) is 1.35. The maximum Gasteiger partial charge on any atom is 0.324 e. The first-order valence-corrected chi connectivity index (χ1v) is 17.2. The van der Waals surface area contributed by atoms with Crippen LogP contribution in [0.3, 0.4) is 0 Å². The minimum atomic E-state index is -0.850. The molecule has 0 radical (unpaired) electrons. The molecular weight excluding hydrogens is 624 g/mol. The Morgan fingerprint density at radius 1 is 0.760 bits per heavy atom. The maximum absolute atomic E-state index is 14.1. The van der Waals surface area contributed by atoms with Gasteiger partial charge in [0.05, 0.1) is 10.4 Å². The molecule has 0 aliphatic heterocycles. The van der Waals surface area contributed by atoms with Crippen LogP contribution in [0.25, 0.3) is 11.0 Å². The summed E-state index contributed by atoms with van der Waals surface area (Å²) in [6, 6.07) is 45.8. The number of para-hydroxylation sites is 2. The van der Waals surface area contributed by atoms with Crippen molar-refractivity contribution in [2.45, 2.75) is 64.3 Å². The summed E-state index contributed by atoms with van der Waals surface area (Å²) in [5.41, 5.74) is 4.35. The predicted octanol–water partition coefficient (Wildman–Crippen LogP) is 7.03. The van der Waals surface area contributed by atoms with E-state index in [4.69, 9.17) is 14.3 Å². The number of aromatic nitrogens is 3. The minimum absolute atomic E-state index is 0.0209. The molecule has 5 aromatic carbocycles. The predicted molar refractivity (Wildman–Crippen MR) is 194 cm³/mol. The van der Waals surface area contributed by atoms with Crippen LogP contribution in [0.4, 0.5) is 0 Å². The third-order valence-corrected chi connectivity index (χ3v) is 8.46. The molecule has 1 aromatic heterocycles. The lowest BCUT2D eigenvalue weighted by atomic mass is 9.76. The van der Waals surface area contributed by atoms with Crippen LogP contribution in [0.15, 0.2) is 140 Å². The zero-order valence-corrected chi connectivity index (χ0v) is 29.2. The second-order valence-electron chi connectivity index (χ2n) is 13.3. The molecule has 0 amide bonds. The van der Waals surface area contributed by atoms with Gasteiger partial charge in [-0.3, -0.25) is 14.9 Å². The highest BCUT2D eigenvalue weighted by Crippen LogP contribution is 2.38. The van der Waals surface area contributed by atoms with Gasteiger partial charge in [-0.2, -0.15) is 0 Å². The van der Waals surface area contributed by atoms with E-state index in [-0.39, 0.29) is 12.8 Å². The Balaban J connectivity index is 1.26. The van der Waals surface area contributed by atoms with Gasteiger partial charge in [0.2, 0.25) is 11.0 Å². The van der Waals surface area contributed by atoms with E-state index in [1.165, 1.54) is 4.85 Å². The van der Waals surface area contributed by atoms with Crippen molar-refractivity contribution in [3.8, 4) is 5.75 Å². The van der Waals surface area contributed by atoms with Crippen molar-refractivity contribution in [3.05, 3.63) is 162 Å². The zero-order valence-electron chi connectivity index (χ0n) is 29.2. The van der Waals surface area contributed by atoms with Crippen molar-refractivity contribution in [1.29, 1.82) is 0 Å². The number of nitrogens with zero attached hydrogens (tertiary/aromatic N) is 3. The molecule has 0 bridgehead atoms. The van der Waals surface area contributed by atoms with Gasteiger partial charge >= 0.3 is 5.97 Å². The monoisotopic (exact) mass is 669 g/mol. The van der Waals surface area contributed by atoms with Gasteiger partial charge < -0.3 is 9.47 Å². The van der Waals surface area contributed by atoms with Gasteiger partial charge in [-0.25, -0.2) is 0 Å². The van der Waals surface area contributed by atoms with E-state index in [1.807, 2.05) is 129 Å². The molecule has 1 atom stereocenters. The fourth-order valence-corrected chi connectivity index (χ4v) is 6.25. The van der Waals surface area contributed by atoms with Crippen LogP contribution in [0.5, 0.6) is 5.75 Å². The Morgan fingerprint density at radius 3 is 1.84 bits per heavy atom. The van der Waals surface area contributed by atoms with E-state index >= 15 is 0 Å². The van der Waals surface area contributed by atoms with E-state index in [1.54, 1.807) is 0 Å². The first-order valence-electron chi connectivity index (χ1n) is 17.2. The molecule has 0 spiro atoms. The van der Waals surface area contributed by atoms with E-state index in [2.05, 4.69) is 53.9 Å². The summed E-state index contributed by atoms with van der Waals surface area (Å²) < 4.78 is 13.9. The molecule has 1 unspecified atom stereocenters. The average Bonchev–Trinajstić information content (AvgIpc) is 3.48. The topological polar surface area (TPSA) is 78.5 Å². The number of aryl methyl sites for hydroxylation is 1. The van der Waals surface area contributed by atoms with E-state index in [0.29, 0.717) is 12.2 Å². The molecular formula is C42H45N4O4+. The molecule has 50 heavy (non-hydrogen) atoms. The van der Waals surface area contributed by atoms with Crippen LogP contribution in [0.2, 0.25) is 0 Å². The number of rotatable bonds is 14. The Labute approximate surface area is 294 Å². The van der Waals surface area contributed by atoms with Crippen LogP contribution < -0.4 is 19.6 Å². The molecule has 0 saturated heterocycles.